The molecule has 2 aliphatic carbocycles. The van der Waals surface area contributed by atoms with Crippen LogP contribution in [0.3, 0.4) is 0 Å². The lowest BCUT2D eigenvalue weighted by atomic mass is 9.94. The number of phenolic OH excluding ortho intramolecular Hbond substituents is 1. The van der Waals surface area contributed by atoms with Crippen LogP contribution in [0.25, 0.3) is 0 Å². The van der Waals surface area contributed by atoms with Gasteiger partial charge in [0.15, 0.2) is 17.4 Å². The van der Waals surface area contributed by atoms with Gasteiger partial charge in [0.25, 0.3) is 0 Å². The maximum absolute atomic E-state index is 12.5. The number of esters is 2. The fraction of sp³-hybridized carbons (Fsp3) is 0.579. The molecule has 6 heteroatoms. The Kier molecular flexibility index (Phi) is 5.46. The van der Waals surface area contributed by atoms with E-state index in [1.54, 1.807) is 12.1 Å². The van der Waals surface area contributed by atoms with Crippen molar-refractivity contribution in [3.63, 3.8) is 0 Å². The number of benzene rings is 1. The van der Waals surface area contributed by atoms with Crippen molar-refractivity contribution in [1.82, 2.24) is 0 Å². The molecule has 0 unspecified atom stereocenters. The fourth-order valence-electron chi connectivity index (χ4n) is 2.82. The molecule has 2 saturated carbocycles. The first-order chi connectivity index (χ1) is 12.1. The SMILES string of the molecule is COc1cc(CC(C(=O)OC2CCC2)C(=O)OC2CCC2)ccc1O. The molecule has 6 nitrogen and oxygen atoms in total. The zero-order valence-corrected chi connectivity index (χ0v) is 14.4. The Bertz CT molecular complexity index is 605. The molecule has 0 aliphatic heterocycles. The Morgan fingerprint density at radius 3 is 2.08 bits per heavy atom. The molecule has 0 atom stereocenters. The van der Waals surface area contributed by atoms with Gasteiger partial charge in [-0.25, -0.2) is 0 Å². The summed E-state index contributed by atoms with van der Waals surface area (Å²) in [6.45, 7) is 0. The Hall–Kier alpha value is -2.24. The van der Waals surface area contributed by atoms with Crippen molar-refractivity contribution in [2.75, 3.05) is 7.11 Å². The Labute approximate surface area is 147 Å². The number of methoxy groups -OCH3 is 1. The molecule has 2 fully saturated rings. The molecule has 1 aromatic carbocycles. The van der Waals surface area contributed by atoms with Crippen molar-refractivity contribution in [3.05, 3.63) is 23.8 Å². The zero-order valence-electron chi connectivity index (χ0n) is 14.4. The smallest absolute Gasteiger partial charge is 0.320 e. The van der Waals surface area contributed by atoms with Crippen LogP contribution >= 0.6 is 0 Å². The predicted molar refractivity (Wildman–Crippen MR) is 89.3 cm³/mol. The van der Waals surface area contributed by atoms with Crippen molar-refractivity contribution in [3.8, 4) is 11.5 Å². The molecule has 136 valence electrons. The van der Waals surface area contributed by atoms with E-state index in [1.807, 2.05) is 0 Å². The molecule has 1 aromatic rings. The maximum atomic E-state index is 12.5. The Balaban J connectivity index is 1.71. The number of hydrogen-bond acceptors (Lipinski definition) is 6. The fourth-order valence-corrected chi connectivity index (χ4v) is 2.82. The molecule has 0 aromatic heterocycles. The van der Waals surface area contributed by atoms with Crippen molar-refractivity contribution < 1.29 is 28.9 Å². The van der Waals surface area contributed by atoms with E-state index in [0.717, 1.165) is 38.5 Å². The molecule has 1 N–H and O–H groups in total. The molecule has 0 heterocycles. The van der Waals surface area contributed by atoms with E-state index in [9.17, 15) is 14.7 Å². The number of carbonyl (C=O) groups excluding carboxylic acids is 2. The minimum atomic E-state index is -0.990. The lowest BCUT2D eigenvalue weighted by Crippen LogP contribution is -2.37. The highest BCUT2D eigenvalue weighted by Crippen LogP contribution is 2.30. The van der Waals surface area contributed by atoms with Crippen LogP contribution in [0.1, 0.15) is 44.1 Å². The molecule has 2 aliphatic rings. The molecule has 0 radical (unpaired) electrons. The van der Waals surface area contributed by atoms with Crippen LogP contribution in [0, 0.1) is 5.92 Å². The van der Waals surface area contributed by atoms with Crippen LogP contribution in [-0.2, 0) is 25.5 Å². The highest BCUT2D eigenvalue weighted by molar-refractivity contribution is 5.95. The largest absolute Gasteiger partial charge is 0.504 e. The van der Waals surface area contributed by atoms with E-state index in [4.69, 9.17) is 14.2 Å². The van der Waals surface area contributed by atoms with Gasteiger partial charge in [0.2, 0.25) is 0 Å². The molecule has 25 heavy (non-hydrogen) atoms. The Morgan fingerprint density at radius 2 is 1.64 bits per heavy atom. The van der Waals surface area contributed by atoms with Crippen LogP contribution in [0.15, 0.2) is 18.2 Å². The number of aromatic hydroxyl groups is 1. The van der Waals surface area contributed by atoms with Crippen molar-refractivity contribution in [1.29, 1.82) is 0 Å². The first-order valence-corrected chi connectivity index (χ1v) is 8.83. The molecule has 3 rings (SSSR count). The van der Waals surface area contributed by atoms with Gasteiger partial charge in [0.05, 0.1) is 7.11 Å². The van der Waals surface area contributed by atoms with Crippen molar-refractivity contribution >= 4 is 11.9 Å². The van der Waals surface area contributed by atoms with E-state index in [0.29, 0.717) is 11.3 Å². The van der Waals surface area contributed by atoms with Gasteiger partial charge in [0, 0.05) is 0 Å². The second-order valence-corrected chi connectivity index (χ2v) is 6.74. The summed E-state index contributed by atoms with van der Waals surface area (Å²) in [5, 5.41) is 9.70. The van der Waals surface area contributed by atoms with Crippen molar-refractivity contribution in [2.24, 2.45) is 5.92 Å². The summed E-state index contributed by atoms with van der Waals surface area (Å²) in [5.41, 5.74) is 0.704. The lowest BCUT2D eigenvalue weighted by Gasteiger charge is -2.29. The van der Waals surface area contributed by atoms with Gasteiger partial charge < -0.3 is 19.3 Å². The molecule has 0 spiro atoms. The van der Waals surface area contributed by atoms with Crippen LogP contribution in [0.5, 0.6) is 11.5 Å². The summed E-state index contributed by atoms with van der Waals surface area (Å²) in [4.78, 5) is 25.0. The number of phenols is 1. The van der Waals surface area contributed by atoms with Gasteiger partial charge in [-0.15, -0.1) is 0 Å². The highest BCUT2D eigenvalue weighted by atomic mass is 16.6. The van der Waals surface area contributed by atoms with Crippen LogP contribution in [0.4, 0.5) is 0 Å². The molecule has 0 bridgehead atoms. The monoisotopic (exact) mass is 348 g/mol. The second-order valence-electron chi connectivity index (χ2n) is 6.74. The van der Waals surface area contributed by atoms with Crippen LogP contribution in [-0.4, -0.2) is 36.4 Å². The number of ether oxygens (including phenoxy) is 3. The maximum Gasteiger partial charge on any atom is 0.320 e. The molecule has 0 saturated heterocycles. The quantitative estimate of drug-likeness (QED) is 0.603. The number of carbonyl (C=O) groups is 2. The average Bonchev–Trinajstić information content (AvgIpc) is 2.53. The normalized spacial score (nSPS) is 17.5. The minimum absolute atomic E-state index is 0.0110. The molecular weight excluding hydrogens is 324 g/mol. The van der Waals surface area contributed by atoms with Gasteiger partial charge in [-0.3, -0.25) is 9.59 Å². The minimum Gasteiger partial charge on any atom is -0.504 e. The summed E-state index contributed by atoms with van der Waals surface area (Å²) in [7, 11) is 1.45. The first-order valence-electron chi connectivity index (χ1n) is 8.83. The van der Waals surface area contributed by atoms with Gasteiger partial charge in [-0.2, -0.15) is 0 Å². The highest BCUT2D eigenvalue weighted by Gasteiger charge is 2.35. The lowest BCUT2D eigenvalue weighted by molar-refractivity contribution is -0.172. The third kappa shape index (κ3) is 4.24. The Morgan fingerprint density at radius 1 is 1.08 bits per heavy atom. The summed E-state index contributed by atoms with van der Waals surface area (Å²) in [5.74, 6) is -1.73. The van der Waals surface area contributed by atoms with Gasteiger partial charge in [0.1, 0.15) is 12.2 Å². The van der Waals surface area contributed by atoms with E-state index in [2.05, 4.69) is 0 Å². The summed E-state index contributed by atoms with van der Waals surface area (Å²) < 4.78 is 16.0. The van der Waals surface area contributed by atoms with Gasteiger partial charge in [-0.05, 0) is 62.6 Å². The third-order valence-electron chi connectivity index (χ3n) is 4.92. The molecule has 0 amide bonds. The molecular formula is C19H24O6. The van der Waals surface area contributed by atoms with E-state index in [1.165, 1.54) is 13.2 Å². The van der Waals surface area contributed by atoms with Crippen molar-refractivity contribution in [2.45, 2.75) is 57.2 Å². The standard InChI is InChI=1S/C19H24O6/c1-23-17-11-12(8-9-16(17)20)10-15(18(21)24-13-4-2-5-13)19(22)25-14-6-3-7-14/h8-9,11,13-15,20H,2-7,10H2,1H3. The average molecular weight is 348 g/mol. The van der Waals surface area contributed by atoms with Crippen LogP contribution in [0.2, 0.25) is 0 Å². The van der Waals surface area contributed by atoms with E-state index in [-0.39, 0.29) is 24.4 Å². The predicted octanol–water partition coefficient (Wildman–Crippen LogP) is 2.75. The number of hydrogen-bond donors (Lipinski definition) is 1. The summed E-state index contributed by atoms with van der Waals surface area (Å²) in [6, 6.07) is 4.77. The van der Waals surface area contributed by atoms with E-state index < -0.39 is 17.9 Å². The second kappa shape index (κ2) is 7.76. The van der Waals surface area contributed by atoms with Gasteiger partial charge >= 0.3 is 11.9 Å². The summed E-state index contributed by atoms with van der Waals surface area (Å²) in [6.07, 6.45) is 5.49. The third-order valence-corrected chi connectivity index (χ3v) is 4.92. The number of rotatable bonds is 7. The van der Waals surface area contributed by atoms with Gasteiger partial charge in [-0.1, -0.05) is 6.07 Å². The van der Waals surface area contributed by atoms with Crippen LogP contribution < -0.4 is 4.74 Å². The zero-order chi connectivity index (χ0) is 17.8. The topological polar surface area (TPSA) is 82.1 Å². The summed E-state index contributed by atoms with van der Waals surface area (Å²) >= 11 is 0. The first kappa shape index (κ1) is 17.6. The van der Waals surface area contributed by atoms with E-state index >= 15 is 0 Å².